The van der Waals surface area contributed by atoms with Gasteiger partial charge >= 0.3 is 5.97 Å². The Morgan fingerprint density at radius 3 is 2.52 bits per heavy atom. The van der Waals surface area contributed by atoms with E-state index in [1.54, 1.807) is 37.8 Å². The molecule has 0 unspecified atom stereocenters. The highest BCUT2D eigenvalue weighted by Crippen LogP contribution is 2.22. The maximum atomic E-state index is 13.1. The molecule has 1 fully saturated rings. The second-order valence-electron chi connectivity index (χ2n) is 7.93. The van der Waals surface area contributed by atoms with E-state index in [4.69, 9.17) is 20.9 Å². The molecule has 0 atom stereocenters. The molecule has 9 nitrogen and oxygen atoms in total. The number of amides is 1. The number of nitrogens with one attached hydrogen (secondary N) is 1. The number of hydrogen-bond donors (Lipinski definition) is 1. The summed E-state index contributed by atoms with van der Waals surface area (Å²) in [6, 6.07) is 7.26. The summed E-state index contributed by atoms with van der Waals surface area (Å²) in [5, 5.41) is 4.70. The van der Waals surface area contributed by atoms with Gasteiger partial charge in [-0.3, -0.25) is 9.69 Å². The Bertz CT molecular complexity index is 1150. The Kier molecular flexibility index (Phi) is 6.80. The van der Waals surface area contributed by atoms with Gasteiger partial charge in [0.25, 0.3) is 5.91 Å². The van der Waals surface area contributed by atoms with Gasteiger partial charge in [0.15, 0.2) is 0 Å². The number of aryl methyl sites for hydroxylation is 1. The summed E-state index contributed by atoms with van der Waals surface area (Å²) in [5.41, 5.74) is 2.98. The highest BCUT2D eigenvalue weighted by Gasteiger charge is 2.28. The van der Waals surface area contributed by atoms with E-state index in [9.17, 15) is 9.59 Å². The molecule has 2 aromatic heterocycles. The zero-order chi connectivity index (χ0) is 23.5. The number of H-pyrrole nitrogens is 1. The molecule has 0 radical (unpaired) electrons. The Balaban J connectivity index is 1.36. The van der Waals surface area contributed by atoms with E-state index in [0.29, 0.717) is 72.0 Å². The van der Waals surface area contributed by atoms with Crippen LogP contribution in [0.1, 0.15) is 44.9 Å². The lowest BCUT2D eigenvalue weighted by atomic mass is 10.1. The molecule has 1 aromatic carbocycles. The van der Waals surface area contributed by atoms with Crippen LogP contribution in [0.5, 0.6) is 0 Å². The molecule has 10 heteroatoms. The van der Waals surface area contributed by atoms with E-state index in [-0.39, 0.29) is 12.5 Å². The first kappa shape index (κ1) is 23.0. The fraction of sp³-hybridized carbons (Fsp3) is 0.391. The van der Waals surface area contributed by atoms with Crippen LogP contribution < -0.4 is 0 Å². The van der Waals surface area contributed by atoms with E-state index in [1.165, 1.54) is 0 Å². The molecule has 1 N–H and O–H groups in total. The highest BCUT2D eigenvalue weighted by molar-refractivity contribution is 6.30. The van der Waals surface area contributed by atoms with E-state index in [1.807, 2.05) is 12.1 Å². The average molecular weight is 472 g/mol. The molecule has 4 rings (SSSR count). The van der Waals surface area contributed by atoms with Crippen molar-refractivity contribution in [2.24, 2.45) is 0 Å². The third-order valence-electron chi connectivity index (χ3n) is 5.72. The van der Waals surface area contributed by atoms with Gasteiger partial charge in [-0.05, 0) is 50.6 Å². The molecule has 3 aromatic rings. The standard InChI is InChI=1S/C23H26ClN5O4/c1-4-32-23(31)19-14(2)20(25-15(19)3)22(30)29-11-9-28(10-12-29)13-18-26-21(27-33-18)16-5-7-17(24)8-6-16/h5-8,25H,4,9-13H2,1-3H3. The number of carbonyl (C=O) groups is 2. The summed E-state index contributed by atoms with van der Waals surface area (Å²) < 4.78 is 10.5. The minimum Gasteiger partial charge on any atom is -0.462 e. The van der Waals surface area contributed by atoms with Crippen molar-refractivity contribution >= 4 is 23.5 Å². The lowest BCUT2D eigenvalue weighted by molar-refractivity contribution is 0.0525. The Labute approximate surface area is 196 Å². The normalized spacial score (nSPS) is 14.5. The number of aromatic nitrogens is 3. The Hall–Kier alpha value is -3.17. The summed E-state index contributed by atoms with van der Waals surface area (Å²) in [6.45, 7) is 8.57. The summed E-state index contributed by atoms with van der Waals surface area (Å²) in [4.78, 5) is 36.8. The number of piperazine rings is 1. The molecule has 0 aliphatic carbocycles. The van der Waals surface area contributed by atoms with Crippen LogP contribution in [-0.4, -0.2) is 69.6 Å². The Morgan fingerprint density at radius 2 is 1.85 bits per heavy atom. The van der Waals surface area contributed by atoms with Crippen molar-refractivity contribution in [2.45, 2.75) is 27.3 Å². The van der Waals surface area contributed by atoms with Gasteiger partial charge in [0.05, 0.1) is 18.7 Å². The van der Waals surface area contributed by atoms with Crippen molar-refractivity contribution in [1.82, 2.24) is 24.9 Å². The zero-order valence-corrected chi connectivity index (χ0v) is 19.6. The van der Waals surface area contributed by atoms with E-state index < -0.39 is 5.97 Å². The van der Waals surface area contributed by atoms with Gasteiger partial charge in [-0.2, -0.15) is 4.98 Å². The van der Waals surface area contributed by atoms with Crippen LogP contribution in [0.15, 0.2) is 28.8 Å². The number of carbonyl (C=O) groups excluding carboxylic acids is 2. The first-order chi connectivity index (χ1) is 15.9. The minimum absolute atomic E-state index is 0.117. The lowest BCUT2D eigenvalue weighted by Crippen LogP contribution is -2.48. The van der Waals surface area contributed by atoms with E-state index >= 15 is 0 Å². The highest BCUT2D eigenvalue weighted by atomic mass is 35.5. The molecule has 1 aliphatic heterocycles. The quantitative estimate of drug-likeness (QED) is 0.549. The fourth-order valence-electron chi connectivity index (χ4n) is 3.97. The van der Waals surface area contributed by atoms with Crippen molar-refractivity contribution in [3.63, 3.8) is 0 Å². The summed E-state index contributed by atoms with van der Waals surface area (Å²) in [5.74, 6) is 0.513. The fourth-order valence-corrected chi connectivity index (χ4v) is 4.09. The van der Waals surface area contributed by atoms with Gasteiger partial charge in [-0.25, -0.2) is 4.79 Å². The monoisotopic (exact) mass is 471 g/mol. The molecule has 174 valence electrons. The van der Waals surface area contributed by atoms with Gasteiger partial charge in [0.2, 0.25) is 11.7 Å². The molecule has 3 heterocycles. The number of nitrogens with zero attached hydrogens (tertiary/aromatic N) is 4. The maximum absolute atomic E-state index is 13.1. The van der Waals surface area contributed by atoms with Gasteiger partial charge in [-0.1, -0.05) is 16.8 Å². The lowest BCUT2D eigenvalue weighted by Gasteiger charge is -2.33. The number of hydrogen-bond acceptors (Lipinski definition) is 7. The smallest absolute Gasteiger partial charge is 0.340 e. The third kappa shape index (κ3) is 4.94. The van der Waals surface area contributed by atoms with Crippen molar-refractivity contribution in [3.8, 4) is 11.4 Å². The van der Waals surface area contributed by atoms with Gasteiger partial charge < -0.3 is 19.1 Å². The number of benzene rings is 1. The number of esters is 1. The molecule has 1 aliphatic rings. The molecular weight excluding hydrogens is 446 g/mol. The van der Waals surface area contributed by atoms with Crippen molar-refractivity contribution in [3.05, 3.63) is 57.7 Å². The molecule has 0 bridgehead atoms. The molecule has 1 amide bonds. The topological polar surface area (TPSA) is 105 Å². The number of rotatable bonds is 6. The first-order valence-electron chi connectivity index (χ1n) is 10.8. The van der Waals surface area contributed by atoms with Gasteiger partial charge in [-0.15, -0.1) is 0 Å². The Morgan fingerprint density at radius 1 is 1.15 bits per heavy atom. The van der Waals surface area contributed by atoms with Crippen LogP contribution in [0.25, 0.3) is 11.4 Å². The van der Waals surface area contributed by atoms with Crippen LogP contribution >= 0.6 is 11.6 Å². The maximum Gasteiger partial charge on any atom is 0.340 e. The zero-order valence-electron chi connectivity index (χ0n) is 18.9. The van der Waals surface area contributed by atoms with Gasteiger partial charge in [0, 0.05) is 42.5 Å². The van der Waals surface area contributed by atoms with Crippen LogP contribution in [0, 0.1) is 13.8 Å². The van der Waals surface area contributed by atoms with E-state index in [0.717, 1.165) is 5.56 Å². The molecular formula is C23H26ClN5O4. The van der Waals surface area contributed by atoms with Crippen molar-refractivity contribution in [2.75, 3.05) is 32.8 Å². The largest absolute Gasteiger partial charge is 0.462 e. The first-order valence-corrected chi connectivity index (χ1v) is 11.2. The summed E-state index contributed by atoms with van der Waals surface area (Å²) in [7, 11) is 0. The SMILES string of the molecule is CCOC(=O)c1c(C)[nH]c(C(=O)N2CCN(Cc3nc(-c4ccc(Cl)cc4)no3)CC2)c1C. The van der Waals surface area contributed by atoms with Crippen LogP contribution in [0.4, 0.5) is 0 Å². The number of ether oxygens (including phenoxy) is 1. The van der Waals surface area contributed by atoms with Gasteiger partial charge in [0.1, 0.15) is 5.69 Å². The average Bonchev–Trinajstić information content (AvgIpc) is 3.38. The predicted molar refractivity (Wildman–Crippen MR) is 122 cm³/mol. The van der Waals surface area contributed by atoms with Crippen LogP contribution in [0.3, 0.4) is 0 Å². The second-order valence-corrected chi connectivity index (χ2v) is 8.37. The number of aromatic amines is 1. The third-order valence-corrected chi connectivity index (χ3v) is 5.97. The molecule has 0 spiro atoms. The minimum atomic E-state index is -0.412. The summed E-state index contributed by atoms with van der Waals surface area (Å²) >= 11 is 5.93. The van der Waals surface area contributed by atoms with Crippen molar-refractivity contribution < 1.29 is 18.8 Å². The predicted octanol–water partition coefficient (Wildman–Crippen LogP) is 3.47. The molecule has 33 heavy (non-hydrogen) atoms. The van der Waals surface area contributed by atoms with Crippen LogP contribution in [-0.2, 0) is 11.3 Å². The van der Waals surface area contributed by atoms with Crippen molar-refractivity contribution in [1.29, 1.82) is 0 Å². The molecule has 0 saturated carbocycles. The molecule has 1 saturated heterocycles. The summed E-state index contributed by atoms with van der Waals surface area (Å²) in [6.07, 6.45) is 0. The van der Waals surface area contributed by atoms with E-state index in [2.05, 4.69) is 20.0 Å². The second kappa shape index (κ2) is 9.76. The number of halogens is 1. The van der Waals surface area contributed by atoms with Crippen LogP contribution in [0.2, 0.25) is 5.02 Å².